The second kappa shape index (κ2) is 8.34. The Balaban J connectivity index is 1.39. The highest BCUT2D eigenvalue weighted by Gasteiger charge is 2.27. The van der Waals surface area contributed by atoms with E-state index in [9.17, 15) is 9.59 Å². The van der Waals surface area contributed by atoms with Gasteiger partial charge in [0.1, 0.15) is 0 Å². The number of carbonyl (C=O) groups excluding carboxylic acids is 2. The number of hydrogen-bond acceptors (Lipinski definition) is 3. The van der Waals surface area contributed by atoms with Crippen LogP contribution in [0.4, 0.5) is 4.79 Å². The zero-order valence-corrected chi connectivity index (χ0v) is 15.0. The van der Waals surface area contributed by atoms with Crippen LogP contribution in [-0.2, 0) is 17.9 Å². The normalized spacial score (nSPS) is 18.0. The average molecular weight is 344 g/mol. The van der Waals surface area contributed by atoms with Crippen LogP contribution in [0.5, 0.6) is 0 Å². The number of carbonyl (C=O) groups is 2. The van der Waals surface area contributed by atoms with Crippen LogP contribution in [0.3, 0.4) is 0 Å². The molecule has 3 amide bonds. The van der Waals surface area contributed by atoms with Crippen molar-refractivity contribution in [3.63, 3.8) is 0 Å². The van der Waals surface area contributed by atoms with Crippen LogP contribution in [0.25, 0.3) is 0 Å². The van der Waals surface area contributed by atoms with Crippen molar-refractivity contribution in [2.45, 2.75) is 45.3 Å². The highest BCUT2D eigenvalue weighted by atomic mass is 16.2. The van der Waals surface area contributed by atoms with Crippen molar-refractivity contribution < 1.29 is 9.59 Å². The van der Waals surface area contributed by atoms with Gasteiger partial charge in [0.2, 0.25) is 5.91 Å². The molecule has 1 saturated heterocycles. The molecule has 0 spiro atoms. The molecular formula is C19H28N4O2. The molecule has 3 rings (SSSR count). The van der Waals surface area contributed by atoms with Gasteiger partial charge in [-0.2, -0.15) is 0 Å². The molecule has 1 aromatic carbocycles. The Morgan fingerprint density at radius 2 is 1.76 bits per heavy atom. The molecule has 0 unspecified atom stereocenters. The lowest BCUT2D eigenvalue weighted by Gasteiger charge is -2.32. The average Bonchev–Trinajstić information content (AvgIpc) is 3.06. The number of amides is 3. The Labute approximate surface area is 149 Å². The quantitative estimate of drug-likeness (QED) is 0.855. The summed E-state index contributed by atoms with van der Waals surface area (Å²) in [6.45, 7) is 6.34. The maximum Gasteiger partial charge on any atom is 0.318 e. The summed E-state index contributed by atoms with van der Waals surface area (Å²) in [5.41, 5.74) is 2.48. The van der Waals surface area contributed by atoms with Crippen LogP contribution in [0.15, 0.2) is 24.3 Å². The Morgan fingerprint density at radius 1 is 1.12 bits per heavy atom. The number of urea groups is 1. The molecule has 0 radical (unpaired) electrons. The number of hydrogen-bond donors (Lipinski definition) is 2. The van der Waals surface area contributed by atoms with E-state index in [1.807, 2.05) is 24.0 Å². The molecule has 2 N–H and O–H groups in total. The van der Waals surface area contributed by atoms with Gasteiger partial charge in [0, 0.05) is 38.8 Å². The van der Waals surface area contributed by atoms with E-state index in [1.54, 1.807) is 0 Å². The fourth-order valence-corrected chi connectivity index (χ4v) is 3.50. The number of nitrogens with zero attached hydrogens (tertiary/aromatic N) is 2. The monoisotopic (exact) mass is 344 g/mol. The minimum Gasteiger partial charge on any atom is -0.355 e. The van der Waals surface area contributed by atoms with Gasteiger partial charge in [0.25, 0.3) is 0 Å². The zero-order valence-electron chi connectivity index (χ0n) is 15.0. The minimum atomic E-state index is 0.0235. The van der Waals surface area contributed by atoms with Gasteiger partial charge in [-0.25, -0.2) is 4.79 Å². The first kappa shape index (κ1) is 17.7. The summed E-state index contributed by atoms with van der Waals surface area (Å²) in [6, 6.07) is 8.44. The van der Waals surface area contributed by atoms with E-state index in [1.165, 1.54) is 11.1 Å². The minimum absolute atomic E-state index is 0.0235. The molecule has 0 atom stereocenters. The second-order valence-electron chi connectivity index (χ2n) is 6.97. The summed E-state index contributed by atoms with van der Waals surface area (Å²) in [5.74, 6) is 0.0965. The van der Waals surface area contributed by atoms with Gasteiger partial charge in [-0.3, -0.25) is 9.69 Å². The van der Waals surface area contributed by atoms with Crippen LogP contribution in [0.1, 0.15) is 37.3 Å². The summed E-state index contributed by atoms with van der Waals surface area (Å²) in [4.78, 5) is 28.3. The predicted molar refractivity (Wildman–Crippen MR) is 97.0 cm³/mol. The highest BCUT2D eigenvalue weighted by Crippen LogP contribution is 2.22. The van der Waals surface area contributed by atoms with Gasteiger partial charge in [-0.05, 0) is 30.4 Å². The summed E-state index contributed by atoms with van der Waals surface area (Å²) >= 11 is 0. The lowest BCUT2D eigenvalue weighted by Crippen LogP contribution is -2.49. The number of benzene rings is 1. The van der Waals surface area contributed by atoms with E-state index in [2.05, 4.69) is 27.7 Å². The molecule has 25 heavy (non-hydrogen) atoms. The number of nitrogens with one attached hydrogen (secondary N) is 2. The van der Waals surface area contributed by atoms with Crippen molar-refractivity contribution in [2.24, 2.45) is 0 Å². The number of rotatable bonds is 5. The standard InChI is InChI=1S/C19H28N4O2/c1-2-9-20-18(24)14-22-10-7-17(8-11-22)21-19(25)23-12-15-5-3-4-6-16(15)13-23/h3-6,17H,2,7-14H2,1H3,(H,20,24)(H,21,25). The third-order valence-electron chi connectivity index (χ3n) is 4.98. The predicted octanol–water partition coefficient (Wildman–Crippen LogP) is 1.70. The van der Waals surface area contributed by atoms with Crippen molar-refractivity contribution in [2.75, 3.05) is 26.2 Å². The fourth-order valence-electron chi connectivity index (χ4n) is 3.50. The first-order valence-corrected chi connectivity index (χ1v) is 9.27. The lowest BCUT2D eigenvalue weighted by molar-refractivity contribution is -0.122. The van der Waals surface area contributed by atoms with Crippen molar-refractivity contribution in [1.29, 1.82) is 0 Å². The topological polar surface area (TPSA) is 64.7 Å². The molecule has 0 saturated carbocycles. The van der Waals surface area contributed by atoms with Crippen LogP contribution in [-0.4, -0.2) is 54.0 Å². The molecule has 6 nitrogen and oxygen atoms in total. The first-order valence-electron chi connectivity index (χ1n) is 9.27. The molecule has 136 valence electrons. The third-order valence-corrected chi connectivity index (χ3v) is 4.98. The molecule has 0 bridgehead atoms. The molecule has 6 heteroatoms. The Bertz CT molecular complexity index is 586. The van der Waals surface area contributed by atoms with E-state index in [-0.39, 0.29) is 18.0 Å². The van der Waals surface area contributed by atoms with Crippen molar-refractivity contribution in [1.82, 2.24) is 20.4 Å². The van der Waals surface area contributed by atoms with E-state index in [0.29, 0.717) is 19.6 Å². The van der Waals surface area contributed by atoms with E-state index < -0.39 is 0 Å². The van der Waals surface area contributed by atoms with Gasteiger partial charge >= 0.3 is 6.03 Å². The van der Waals surface area contributed by atoms with Crippen LogP contribution in [0.2, 0.25) is 0 Å². The maximum atomic E-state index is 12.5. The van der Waals surface area contributed by atoms with Gasteiger partial charge in [-0.1, -0.05) is 31.2 Å². The highest BCUT2D eigenvalue weighted by molar-refractivity contribution is 5.78. The van der Waals surface area contributed by atoms with Gasteiger partial charge in [0.15, 0.2) is 0 Å². The fraction of sp³-hybridized carbons (Fsp3) is 0.579. The van der Waals surface area contributed by atoms with E-state index >= 15 is 0 Å². The van der Waals surface area contributed by atoms with E-state index in [4.69, 9.17) is 0 Å². The number of piperidine rings is 1. The SMILES string of the molecule is CCCNC(=O)CN1CCC(NC(=O)N2Cc3ccccc3C2)CC1. The molecule has 0 aliphatic carbocycles. The maximum absolute atomic E-state index is 12.5. The summed E-state index contributed by atoms with van der Waals surface area (Å²) in [5, 5.41) is 6.08. The van der Waals surface area contributed by atoms with Crippen LogP contribution in [0, 0.1) is 0 Å². The largest absolute Gasteiger partial charge is 0.355 e. The lowest BCUT2D eigenvalue weighted by atomic mass is 10.1. The molecular weight excluding hydrogens is 316 g/mol. The van der Waals surface area contributed by atoms with Gasteiger partial charge in [0.05, 0.1) is 6.54 Å². The molecule has 2 aliphatic rings. The molecule has 2 aliphatic heterocycles. The zero-order chi connectivity index (χ0) is 17.6. The van der Waals surface area contributed by atoms with Crippen LogP contribution >= 0.6 is 0 Å². The summed E-state index contributed by atoms with van der Waals surface area (Å²) in [7, 11) is 0. The summed E-state index contributed by atoms with van der Waals surface area (Å²) < 4.78 is 0. The number of likely N-dealkylation sites (tertiary alicyclic amines) is 1. The number of fused-ring (bicyclic) bond motifs is 1. The molecule has 1 fully saturated rings. The van der Waals surface area contributed by atoms with Crippen molar-refractivity contribution in [3.8, 4) is 0 Å². The Morgan fingerprint density at radius 3 is 2.36 bits per heavy atom. The molecule has 1 aromatic rings. The smallest absolute Gasteiger partial charge is 0.318 e. The molecule has 2 heterocycles. The van der Waals surface area contributed by atoms with Gasteiger partial charge in [-0.15, -0.1) is 0 Å². The first-order chi connectivity index (χ1) is 12.2. The Kier molecular flexibility index (Phi) is 5.91. The van der Waals surface area contributed by atoms with Gasteiger partial charge < -0.3 is 15.5 Å². The van der Waals surface area contributed by atoms with E-state index in [0.717, 1.165) is 38.9 Å². The summed E-state index contributed by atoms with van der Waals surface area (Å²) in [6.07, 6.45) is 2.75. The Hall–Kier alpha value is -2.08. The van der Waals surface area contributed by atoms with Crippen molar-refractivity contribution >= 4 is 11.9 Å². The van der Waals surface area contributed by atoms with Crippen LogP contribution < -0.4 is 10.6 Å². The van der Waals surface area contributed by atoms with Crippen molar-refractivity contribution in [3.05, 3.63) is 35.4 Å². The second-order valence-corrected chi connectivity index (χ2v) is 6.97. The molecule has 0 aromatic heterocycles. The third kappa shape index (κ3) is 4.72.